The van der Waals surface area contributed by atoms with Gasteiger partial charge in [-0.15, -0.1) is 5.48 Å². The second-order valence-corrected chi connectivity index (χ2v) is 5.79. The van der Waals surface area contributed by atoms with Crippen LogP contribution >= 0.6 is 0 Å². The van der Waals surface area contributed by atoms with Gasteiger partial charge >= 0.3 is 5.97 Å². The largest absolute Gasteiger partial charge is 0.496 e. The van der Waals surface area contributed by atoms with Crippen molar-refractivity contribution in [3.63, 3.8) is 0 Å². The van der Waals surface area contributed by atoms with Crippen molar-refractivity contribution < 1.29 is 24.2 Å². The molecule has 1 aliphatic heterocycles. The SMILES string of the molecule is CCC1(C(=O)O)C=C(c2cc(C(C)C)c(OC)cc2OC)ON1. The highest BCUT2D eigenvalue weighted by Gasteiger charge is 2.41. The predicted molar refractivity (Wildman–Crippen MR) is 86.5 cm³/mol. The first-order valence-electron chi connectivity index (χ1n) is 7.55. The van der Waals surface area contributed by atoms with Gasteiger partial charge in [0.2, 0.25) is 0 Å². The number of aliphatic carboxylic acids is 1. The van der Waals surface area contributed by atoms with Crippen molar-refractivity contribution in [2.24, 2.45) is 0 Å². The third kappa shape index (κ3) is 2.99. The number of rotatable bonds is 6. The first-order chi connectivity index (χ1) is 10.9. The minimum atomic E-state index is -1.22. The van der Waals surface area contributed by atoms with Crippen molar-refractivity contribution in [3.05, 3.63) is 29.3 Å². The maximum absolute atomic E-state index is 11.5. The van der Waals surface area contributed by atoms with Gasteiger partial charge in [-0.25, -0.2) is 4.79 Å². The highest BCUT2D eigenvalue weighted by atomic mass is 16.7. The smallest absolute Gasteiger partial charge is 0.331 e. The van der Waals surface area contributed by atoms with Crippen LogP contribution in [-0.4, -0.2) is 30.8 Å². The number of nitrogens with one attached hydrogen (secondary N) is 1. The molecule has 0 bridgehead atoms. The normalized spacial score (nSPS) is 20.2. The lowest BCUT2D eigenvalue weighted by Gasteiger charge is -2.18. The Morgan fingerprint density at radius 1 is 1.30 bits per heavy atom. The van der Waals surface area contributed by atoms with Gasteiger partial charge in [0, 0.05) is 6.07 Å². The fourth-order valence-corrected chi connectivity index (χ4v) is 2.56. The van der Waals surface area contributed by atoms with E-state index in [4.69, 9.17) is 14.3 Å². The Balaban J connectivity index is 2.57. The number of benzene rings is 1. The fraction of sp³-hybridized carbons (Fsp3) is 0.471. The summed E-state index contributed by atoms with van der Waals surface area (Å²) in [6.07, 6.45) is 1.95. The molecule has 2 N–H and O–H groups in total. The lowest BCUT2D eigenvalue weighted by molar-refractivity contribution is -0.145. The van der Waals surface area contributed by atoms with Crippen LogP contribution < -0.4 is 15.0 Å². The molecule has 2 rings (SSSR count). The van der Waals surface area contributed by atoms with Crippen LogP contribution in [0.1, 0.15) is 44.2 Å². The summed E-state index contributed by atoms with van der Waals surface area (Å²) in [6.45, 7) is 5.91. The van der Waals surface area contributed by atoms with E-state index < -0.39 is 11.5 Å². The topological polar surface area (TPSA) is 77.0 Å². The molecule has 1 unspecified atom stereocenters. The van der Waals surface area contributed by atoms with E-state index in [-0.39, 0.29) is 5.92 Å². The van der Waals surface area contributed by atoms with Crippen LogP contribution in [0.15, 0.2) is 18.2 Å². The Kier molecular flexibility index (Phi) is 4.85. The Morgan fingerprint density at radius 3 is 2.39 bits per heavy atom. The summed E-state index contributed by atoms with van der Waals surface area (Å²) in [7, 11) is 3.17. The average Bonchev–Trinajstić information content (AvgIpc) is 2.99. The number of carboxylic acid groups (broad SMARTS) is 1. The maximum atomic E-state index is 11.5. The standard InChI is InChI=1S/C17H23NO5/c1-6-17(16(19)20)9-15(23-18-17)12-7-11(10(2)3)13(21-4)8-14(12)22-5/h7-10,18H,6H2,1-5H3,(H,19,20). The van der Waals surface area contributed by atoms with Crippen LogP contribution in [0.5, 0.6) is 11.5 Å². The Hall–Kier alpha value is -2.21. The summed E-state index contributed by atoms with van der Waals surface area (Å²) in [5, 5.41) is 9.44. The van der Waals surface area contributed by atoms with Crippen LogP contribution in [0.4, 0.5) is 0 Å². The molecule has 1 aromatic rings. The van der Waals surface area contributed by atoms with Crippen molar-refractivity contribution in [3.8, 4) is 11.5 Å². The monoisotopic (exact) mass is 321 g/mol. The number of hydrogen-bond acceptors (Lipinski definition) is 5. The molecule has 6 nitrogen and oxygen atoms in total. The zero-order valence-electron chi connectivity index (χ0n) is 14.1. The number of methoxy groups -OCH3 is 2. The van der Waals surface area contributed by atoms with Gasteiger partial charge in [0.15, 0.2) is 11.3 Å². The lowest BCUT2D eigenvalue weighted by Crippen LogP contribution is -2.46. The number of hydrogen-bond donors (Lipinski definition) is 2. The van der Waals surface area contributed by atoms with Gasteiger partial charge in [-0.05, 0) is 30.0 Å². The third-order valence-electron chi connectivity index (χ3n) is 4.10. The molecule has 1 atom stereocenters. The highest BCUT2D eigenvalue weighted by molar-refractivity contribution is 5.86. The van der Waals surface area contributed by atoms with E-state index in [1.54, 1.807) is 33.3 Å². The first-order valence-corrected chi connectivity index (χ1v) is 7.55. The van der Waals surface area contributed by atoms with Gasteiger partial charge < -0.3 is 19.4 Å². The van der Waals surface area contributed by atoms with E-state index in [1.165, 1.54) is 0 Å². The third-order valence-corrected chi connectivity index (χ3v) is 4.10. The zero-order chi connectivity index (χ0) is 17.2. The molecule has 1 heterocycles. The Bertz CT molecular complexity index is 638. The molecule has 0 amide bonds. The van der Waals surface area contributed by atoms with Crippen molar-refractivity contribution in [2.75, 3.05) is 14.2 Å². The molecule has 0 saturated heterocycles. The summed E-state index contributed by atoms with van der Waals surface area (Å²) >= 11 is 0. The van der Waals surface area contributed by atoms with Gasteiger partial charge in [-0.3, -0.25) is 0 Å². The summed E-state index contributed by atoms with van der Waals surface area (Å²) in [6, 6.07) is 3.71. The Morgan fingerprint density at radius 2 is 1.96 bits per heavy atom. The first kappa shape index (κ1) is 17.1. The lowest BCUT2D eigenvalue weighted by atomic mass is 9.94. The van der Waals surface area contributed by atoms with Gasteiger partial charge in [0.25, 0.3) is 0 Å². The molecular weight excluding hydrogens is 298 g/mol. The summed E-state index contributed by atoms with van der Waals surface area (Å²) in [4.78, 5) is 17.0. The molecule has 0 saturated carbocycles. The molecule has 1 aromatic carbocycles. The van der Waals surface area contributed by atoms with Crippen molar-refractivity contribution >= 4 is 11.7 Å². The maximum Gasteiger partial charge on any atom is 0.331 e. The molecule has 0 aromatic heterocycles. The molecule has 0 aliphatic carbocycles. The minimum Gasteiger partial charge on any atom is -0.496 e. The molecule has 0 radical (unpaired) electrons. The van der Waals surface area contributed by atoms with E-state index in [1.807, 2.05) is 6.07 Å². The van der Waals surface area contributed by atoms with Crippen LogP contribution in [0.2, 0.25) is 0 Å². The predicted octanol–water partition coefficient (Wildman–Crippen LogP) is 2.94. The quantitative estimate of drug-likeness (QED) is 0.839. The molecule has 23 heavy (non-hydrogen) atoms. The summed E-state index contributed by atoms with van der Waals surface area (Å²) in [5.74, 6) is 0.992. The summed E-state index contributed by atoms with van der Waals surface area (Å²) in [5.41, 5.74) is 3.09. The highest BCUT2D eigenvalue weighted by Crippen LogP contribution is 2.39. The van der Waals surface area contributed by atoms with Gasteiger partial charge in [-0.1, -0.05) is 20.8 Å². The molecule has 0 fully saturated rings. The molecule has 6 heteroatoms. The number of ether oxygens (including phenoxy) is 2. The van der Waals surface area contributed by atoms with E-state index in [9.17, 15) is 9.90 Å². The van der Waals surface area contributed by atoms with Crippen molar-refractivity contribution in [1.82, 2.24) is 5.48 Å². The number of carbonyl (C=O) groups is 1. The van der Waals surface area contributed by atoms with Gasteiger partial charge in [-0.2, -0.15) is 0 Å². The van der Waals surface area contributed by atoms with E-state index >= 15 is 0 Å². The number of carboxylic acids is 1. The molecule has 0 spiro atoms. The van der Waals surface area contributed by atoms with Gasteiger partial charge in [0.05, 0.1) is 19.8 Å². The average molecular weight is 321 g/mol. The van der Waals surface area contributed by atoms with E-state index in [0.29, 0.717) is 23.5 Å². The van der Waals surface area contributed by atoms with Crippen molar-refractivity contribution in [1.29, 1.82) is 0 Å². The van der Waals surface area contributed by atoms with Gasteiger partial charge in [0.1, 0.15) is 11.5 Å². The van der Waals surface area contributed by atoms with E-state index in [2.05, 4.69) is 19.3 Å². The van der Waals surface area contributed by atoms with Crippen LogP contribution in [0.3, 0.4) is 0 Å². The Labute approximate surface area is 136 Å². The van der Waals surface area contributed by atoms with Crippen LogP contribution in [0, 0.1) is 0 Å². The molecular formula is C17H23NO5. The van der Waals surface area contributed by atoms with Crippen LogP contribution in [0.25, 0.3) is 5.76 Å². The summed E-state index contributed by atoms with van der Waals surface area (Å²) < 4.78 is 10.8. The zero-order valence-corrected chi connectivity index (χ0v) is 14.1. The second kappa shape index (κ2) is 6.50. The van der Waals surface area contributed by atoms with E-state index in [0.717, 1.165) is 11.3 Å². The number of hydroxylamine groups is 1. The minimum absolute atomic E-state index is 0.236. The van der Waals surface area contributed by atoms with Crippen molar-refractivity contribution in [2.45, 2.75) is 38.6 Å². The van der Waals surface area contributed by atoms with Crippen LogP contribution in [-0.2, 0) is 9.63 Å². The molecule has 1 aliphatic rings. The second-order valence-electron chi connectivity index (χ2n) is 5.79. The molecule has 126 valence electrons. The fourth-order valence-electron chi connectivity index (χ4n) is 2.56.